The third-order valence-corrected chi connectivity index (χ3v) is 1.60. The SMILES string of the molecule is CNCc1coc(COCC(F)(F)F)c1. The number of ether oxygens (including phenoxy) is 1. The normalized spacial score (nSPS) is 12.0. The van der Waals surface area contributed by atoms with Crippen molar-refractivity contribution >= 4 is 0 Å². The molecule has 3 nitrogen and oxygen atoms in total. The van der Waals surface area contributed by atoms with E-state index in [9.17, 15) is 13.2 Å². The highest BCUT2D eigenvalue weighted by molar-refractivity contribution is 5.11. The molecule has 1 aromatic rings. The van der Waals surface area contributed by atoms with Gasteiger partial charge in [0.1, 0.15) is 19.0 Å². The first-order valence-electron chi connectivity index (χ1n) is 4.36. The van der Waals surface area contributed by atoms with Crippen LogP contribution in [0.25, 0.3) is 0 Å². The molecule has 1 rings (SSSR count). The molecule has 1 heterocycles. The Bertz CT molecular complexity index is 296. The van der Waals surface area contributed by atoms with Gasteiger partial charge in [0.05, 0.1) is 6.26 Å². The van der Waals surface area contributed by atoms with E-state index >= 15 is 0 Å². The second-order valence-corrected chi connectivity index (χ2v) is 3.06. The van der Waals surface area contributed by atoms with Gasteiger partial charge in [-0.25, -0.2) is 0 Å². The molecule has 0 unspecified atom stereocenters. The summed E-state index contributed by atoms with van der Waals surface area (Å²) in [6.45, 7) is -0.805. The summed E-state index contributed by atoms with van der Waals surface area (Å²) >= 11 is 0. The Kier molecular flexibility index (Phi) is 4.16. The van der Waals surface area contributed by atoms with E-state index in [1.807, 2.05) is 0 Å². The molecule has 0 radical (unpaired) electrons. The van der Waals surface area contributed by atoms with Gasteiger partial charge >= 0.3 is 6.18 Å². The zero-order valence-electron chi connectivity index (χ0n) is 8.23. The maximum Gasteiger partial charge on any atom is 0.411 e. The van der Waals surface area contributed by atoms with Crippen molar-refractivity contribution in [1.82, 2.24) is 5.32 Å². The molecule has 0 aromatic carbocycles. The fourth-order valence-electron chi connectivity index (χ4n) is 1.07. The molecule has 0 bridgehead atoms. The number of alkyl halides is 3. The summed E-state index contributed by atoms with van der Waals surface area (Å²) in [7, 11) is 1.77. The van der Waals surface area contributed by atoms with Gasteiger partial charge in [-0.2, -0.15) is 13.2 Å². The van der Waals surface area contributed by atoms with Crippen LogP contribution >= 0.6 is 0 Å². The molecule has 6 heteroatoms. The van der Waals surface area contributed by atoms with E-state index in [-0.39, 0.29) is 6.61 Å². The monoisotopic (exact) mass is 223 g/mol. The van der Waals surface area contributed by atoms with Crippen LogP contribution in [0.3, 0.4) is 0 Å². The van der Waals surface area contributed by atoms with Crippen LogP contribution in [0.1, 0.15) is 11.3 Å². The van der Waals surface area contributed by atoms with E-state index < -0.39 is 12.8 Å². The molecule has 15 heavy (non-hydrogen) atoms. The third-order valence-electron chi connectivity index (χ3n) is 1.60. The molecule has 0 spiro atoms. The molecule has 0 amide bonds. The van der Waals surface area contributed by atoms with Crippen molar-refractivity contribution in [3.63, 3.8) is 0 Å². The summed E-state index contributed by atoms with van der Waals surface area (Å²) in [5, 5.41) is 2.90. The van der Waals surface area contributed by atoms with E-state index in [4.69, 9.17) is 4.42 Å². The number of halogens is 3. The summed E-state index contributed by atoms with van der Waals surface area (Å²) < 4.78 is 44.6. The molecule has 86 valence electrons. The first-order chi connectivity index (χ1) is 7.01. The molecular weight excluding hydrogens is 211 g/mol. The van der Waals surface area contributed by atoms with Gasteiger partial charge in [0.15, 0.2) is 0 Å². The first kappa shape index (κ1) is 12.1. The van der Waals surface area contributed by atoms with Crippen LogP contribution in [0, 0.1) is 0 Å². The van der Waals surface area contributed by atoms with Crippen LogP contribution in [0.4, 0.5) is 13.2 Å². The third kappa shape index (κ3) is 4.85. The largest absolute Gasteiger partial charge is 0.467 e. The fraction of sp³-hybridized carbons (Fsp3) is 0.556. The standard InChI is InChI=1S/C9H12F3NO2/c1-13-3-7-2-8(15-4-7)5-14-6-9(10,11)12/h2,4,13H,3,5-6H2,1H3. The molecule has 0 fully saturated rings. The van der Waals surface area contributed by atoms with Gasteiger partial charge in [-0.3, -0.25) is 0 Å². The maximum absolute atomic E-state index is 11.7. The van der Waals surface area contributed by atoms with Crippen molar-refractivity contribution in [1.29, 1.82) is 0 Å². The summed E-state index contributed by atoms with van der Waals surface area (Å²) in [5.74, 6) is 0.393. The van der Waals surface area contributed by atoms with Crippen molar-refractivity contribution in [2.45, 2.75) is 19.3 Å². The lowest BCUT2D eigenvalue weighted by molar-refractivity contribution is -0.177. The molecule has 0 aliphatic carbocycles. The first-order valence-corrected chi connectivity index (χ1v) is 4.36. The average Bonchev–Trinajstić information content (AvgIpc) is 2.51. The van der Waals surface area contributed by atoms with Gasteiger partial charge in [-0.1, -0.05) is 0 Å². The van der Waals surface area contributed by atoms with Crippen molar-refractivity contribution < 1.29 is 22.3 Å². The molecular formula is C9H12F3NO2. The van der Waals surface area contributed by atoms with Gasteiger partial charge in [-0.05, 0) is 13.1 Å². The number of furan rings is 1. The van der Waals surface area contributed by atoms with E-state index in [0.717, 1.165) is 5.56 Å². The van der Waals surface area contributed by atoms with Crippen molar-refractivity contribution in [2.24, 2.45) is 0 Å². The van der Waals surface area contributed by atoms with Crippen molar-refractivity contribution in [2.75, 3.05) is 13.7 Å². The minimum absolute atomic E-state index is 0.163. The highest BCUT2D eigenvalue weighted by atomic mass is 19.4. The lowest BCUT2D eigenvalue weighted by Gasteiger charge is -2.05. The zero-order valence-corrected chi connectivity index (χ0v) is 8.23. The molecule has 0 aliphatic rings. The van der Waals surface area contributed by atoms with Gasteiger partial charge in [0.2, 0.25) is 0 Å². The Morgan fingerprint density at radius 2 is 2.20 bits per heavy atom. The predicted octanol–water partition coefficient (Wildman–Crippen LogP) is 2.08. The van der Waals surface area contributed by atoms with Crippen LogP contribution < -0.4 is 5.32 Å². The van der Waals surface area contributed by atoms with Crippen molar-refractivity contribution in [3.05, 3.63) is 23.7 Å². The highest BCUT2D eigenvalue weighted by Crippen LogP contribution is 2.16. The quantitative estimate of drug-likeness (QED) is 0.829. The molecule has 1 N–H and O–H groups in total. The van der Waals surface area contributed by atoms with Crippen LogP contribution in [-0.2, 0) is 17.9 Å². The van der Waals surface area contributed by atoms with Gasteiger partial charge in [0, 0.05) is 12.1 Å². The Hall–Kier alpha value is -1.01. The van der Waals surface area contributed by atoms with E-state index in [1.54, 1.807) is 13.1 Å². The van der Waals surface area contributed by atoms with Gasteiger partial charge < -0.3 is 14.5 Å². The lowest BCUT2D eigenvalue weighted by Crippen LogP contribution is -2.16. The number of rotatable bonds is 5. The molecule has 0 aliphatic heterocycles. The van der Waals surface area contributed by atoms with Crippen LogP contribution in [0.2, 0.25) is 0 Å². The van der Waals surface area contributed by atoms with Crippen molar-refractivity contribution in [3.8, 4) is 0 Å². The van der Waals surface area contributed by atoms with Crippen LogP contribution in [-0.4, -0.2) is 19.8 Å². The summed E-state index contributed by atoms with van der Waals surface area (Å²) in [4.78, 5) is 0. The maximum atomic E-state index is 11.7. The van der Waals surface area contributed by atoms with E-state index in [0.29, 0.717) is 12.3 Å². The summed E-state index contributed by atoms with van der Waals surface area (Å²) in [6, 6.07) is 1.66. The molecule has 0 saturated heterocycles. The lowest BCUT2D eigenvalue weighted by atomic mass is 10.3. The zero-order chi connectivity index (χ0) is 11.3. The fourth-order valence-corrected chi connectivity index (χ4v) is 1.07. The smallest absolute Gasteiger partial charge is 0.411 e. The summed E-state index contributed by atoms with van der Waals surface area (Å²) in [6.07, 6.45) is -2.80. The average molecular weight is 223 g/mol. The van der Waals surface area contributed by atoms with Crippen LogP contribution in [0.15, 0.2) is 16.7 Å². The molecule has 1 aromatic heterocycles. The second-order valence-electron chi connectivity index (χ2n) is 3.06. The topological polar surface area (TPSA) is 34.4 Å². The molecule has 0 atom stereocenters. The Morgan fingerprint density at radius 3 is 2.80 bits per heavy atom. The Labute approximate surface area is 85.2 Å². The van der Waals surface area contributed by atoms with E-state index in [2.05, 4.69) is 10.1 Å². The van der Waals surface area contributed by atoms with Gasteiger partial charge in [-0.15, -0.1) is 0 Å². The minimum atomic E-state index is -4.29. The van der Waals surface area contributed by atoms with Crippen LogP contribution in [0.5, 0.6) is 0 Å². The predicted molar refractivity (Wildman–Crippen MR) is 47.2 cm³/mol. The number of hydrogen-bond acceptors (Lipinski definition) is 3. The Morgan fingerprint density at radius 1 is 1.47 bits per heavy atom. The summed E-state index contributed by atoms with van der Waals surface area (Å²) in [5.41, 5.74) is 0.878. The second kappa shape index (κ2) is 5.18. The van der Waals surface area contributed by atoms with E-state index in [1.165, 1.54) is 6.26 Å². The Balaban J connectivity index is 2.31. The van der Waals surface area contributed by atoms with Gasteiger partial charge in [0.25, 0.3) is 0 Å². The minimum Gasteiger partial charge on any atom is -0.467 e. The molecule has 0 saturated carbocycles. The number of hydrogen-bond donors (Lipinski definition) is 1. The number of nitrogens with one attached hydrogen (secondary N) is 1. The highest BCUT2D eigenvalue weighted by Gasteiger charge is 2.27.